The number of hydrogen-bond acceptors (Lipinski definition) is 3. The summed E-state index contributed by atoms with van der Waals surface area (Å²) in [6.45, 7) is 8.20. The molecule has 0 saturated carbocycles. The van der Waals surface area contributed by atoms with E-state index >= 15 is 0 Å². The van der Waals surface area contributed by atoms with Gasteiger partial charge in [-0.1, -0.05) is 26.8 Å². The summed E-state index contributed by atoms with van der Waals surface area (Å²) in [6, 6.07) is 4.29. The molecular formula is C14H22N2OS. The average molecular weight is 266 g/mol. The van der Waals surface area contributed by atoms with E-state index in [9.17, 15) is 4.79 Å². The van der Waals surface area contributed by atoms with Gasteiger partial charge in [-0.15, -0.1) is 11.3 Å². The van der Waals surface area contributed by atoms with Gasteiger partial charge in [0.1, 0.15) is 0 Å². The smallest absolute Gasteiger partial charge is 0.225 e. The van der Waals surface area contributed by atoms with Crippen LogP contribution in [0.15, 0.2) is 17.5 Å². The number of carbonyl (C=O) groups excluding carboxylic acids is 1. The van der Waals surface area contributed by atoms with Gasteiger partial charge in [0.25, 0.3) is 0 Å². The van der Waals surface area contributed by atoms with Gasteiger partial charge in [-0.05, 0) is 29.8 Å². The molecule has 0 bridgehead atoms. The fraction of sp³-hybridized carbons (Fsp3) is 0.643. The maximum absolute atomic E-state index is 12.3. The number of nitrogens with one attached hydrogen (secondary N) is 2. The molecule has 100 valence electrons. The largest absolute Gasteiger partial charge is 0.348 e. The fourth-order valence-electron chi connectivity index (χ4n) is 2.46. The zero-order chi connectivity index (χ0) is 13.1. The van der Waals surface area contributed by atoms with Crippen LogP contribution in [0.3, 0.4) is 0 Å². The second-order valence-electron chi connectivity index (χ2n) is 5.49. The van der Waals surface area contributed by atoms with Crippen molar-refractivity contribution in [2.75, 3.05) is 13.1 Å². The molecule has 0 aromatic carbocycles. The van der Waals surface area contributed by atoms with E-state index in [-0.39, 0.29) is 17.9 Å². The molecule has 1 aromatic rings. The summed E-state index contributed by atoms with van der Waals surface area (Å²) in [5, 5.41) is 8.57. The number of hydrogen-bond donors (Lipinski definition) is 2. The van der Waals surface area contributed by atoms with Gasteiger partial charge in [-0.2, -0.15) is 0 Å². The number of rotatable bonds is 4. The minimum atomic E-state index is 0.117. The highest BCUT2D eigenvalue weighted by Gasteiger charge is 2.31. The van der Waals surface area contributed by atoms with Gasteiger partial charge in [-0.3, -0.25) is 4.79 Å². The van der Waals surface area contributed by atoms with Crippen LogP contribution in [0, 0.1) is 17.8 Å². The molecule has 1 aliphatic rings. The van der Waals surface area contributed by atoms with Crippen molar-refractivity contribution >= 4 is 17.2 Å². The summed E-state index contributed by atoms with van der Waals surface area (Å²) >= 11 is 1.71. The molecule has 1 fully saturated rings. The lowest BCUT2D eigenvalue weighted by Crippen LogP contribution is -2.38. The van der Waals surface area contributed by atoms with Crippen molar-refractivity contribution in [2.24, 2.45) is 17.8 Å². The van der Waals surface area contributed by atoms with Gasteiger partial charge < -0.3 is 10.6 Å². The summed E-state index contributed by atoms with van der Waals surface area (Å²) in [5.74, 6) is 1.16. The molecule has 3 unspecified atom stereocenters. The Bertz CT molecular complexity index is 389. The first-order valence-electron chi connectivity index (χ1n) is 6.64. The van der Waals surface area contributed by atoms with E-state index in [4.69, 9.17) is 0 Å². The molecule has 1 aromatic heterocycles. The summed E-state index contributed by atoms with van der Waals surface area (Å²) < 4.78 is 0. The SMILES string of the molecule is CC(C)C(NC(=O)C1CNCC1C)c1cccs1. The van der Waals surface area contributed by atoms with Crippen molar-refractivity contribution in [1.82, 2.24) is 10.6 Å². The standard InChI is InChI=1S/C14H22N2OS/c1-9(2)13(12-5-4-6-18-12)16-14(17)11-8-15-7-10(11)3/h4-6,9-11,13,15H,7-8H2,1-3H3,(H,16,17). The average Bonchev–Trinajstić information content (AvgIpc) is 2.95. The van der Waals surface area contributed by atoms with Gasteiger partial charge in [0, 0.05) is 11.4 Å². The molecule has 1 aliphatic heterocycles. The molecular weight excluding hydrogens is 244 g/mol. The second-order valence-corrected chi connectivity index (χ2v) is 6.47. The first-order valence-corrected chi connectivity index (χ1v) is 7.52. The predicted molar refractivity (Wildman–Crippen MR) is 75.6 cm³/mol. The Morgan fingerprint density at radius 1 is 1.50 bits per heavy atom. The summed E-state index contributed by atoms with van der Waals surface area (Å²) in [6.07, 6.45) is 0. The first kappa shape index (κ1) is 13.6. The Morgan fingerprint density at radius 3 is 2.78 bits per heavy atom. The molecule has 2 heterocycles. The van der Waals surface area contributed by atoms with Gasteiger partial charge >= 0.3 is 0 Å². The number of carbonyl (C=O) groups is 1. The molecule has 1 amide bonds. The zero-order valence-electron chi connectivity index (χ0n) is 11.3. The van der Waals surface area contributed by atoms with Crippen LogP contribution in [0.4, 0.5) is 0 Å². The van der Waals surface area contributed by atoms with E-state index in [1.54, 1.807) is 11.3 Å². The van der Waals surface area contributed by atoms with Gasteiger partial charge in [0.2, 0.25) is 5.91 Å². The lowest BCUT2D eigenvalue weighted by Gasteiger charge is -2.24. The Balaban J connectivity index is 2.03. The highest BCUT2D eigenvalue weighted by atomic mass is 32.1. The van der Waals surface area contributed by atoms with Crippen molar-refractivity contribution in [3.63, 3.8) is 0 Å². The van der Waals surface area contributed by atoms with Crippen molar-refractivity contribution in [2.45, 2.75) is 26.8 Å². The third-order valence-electron chi connectivity index (χ3n) is 3.67. The monoisotopic (exact) mass is 266 g/mol. The molecule has 0 spiro atoms. The van der Waals surface area contributed by atoms with Crippen LogP contribution in [0.2, 0.25) is 0 Å². The normalized spacial score (nSPS) is 25.3. The number of amides is 1. The van der Waals surface area contributed by atoms with Gasteiger partial charge in [0.15, 0.2) is 0 Å². The molecule has 0 aliphatic carbocycles. The molecule has 3 atom stereocenters. The fourth-order valence-corrected chi connectivity index (χ4v) is 3.41. The lowest BCUT2D eigenvalue weighted by atomic mass is 9.95. The third-order valence-corrected chi connectivity index (χ3v) is 4.62. The molecule has 1 saturated heterocycles. The minimum Gasteiger partial charge on any atom is -0.348 e. The van der Waals surface area contributed by atoms with E-state index in [2.05, 4.69) is 42.9 Å². The van der Waals surface area contributed by atoms with Gasteiger partial charge in [-0.25, -0.2) is 0 Å². The van der Waals surface area contributed by atoms with Crippen LogP contribution in [0.5, 0.6) is 0 Å². The predicted octanol–water partition coefficient (Wildman–Crippen LogP) is 2.42. The highest BCUT2D eigenvalue weighted by Crippen LogP contribution is 2.27. The maximum Gasteiger partial charge on any atom is 0.225 e. The van der Waals surface area contributed by atoms with E-state index in [0.717, 1.165) is 13.1 Å². The summed E-state index contributed by atoms with van der Waals surface area (Å²) in [7, 11) is 0. The molecule has 2 rings (SSSR count). The zero-order valence-corrected chi connectivity index (χ0v) is 12.1. The third kappa shape index (κ3) is 2.93. The minimum absolute atomic E-state index is 0.117. The van der Waals surface area contributed by atoms with E-state index in [1.165, 1.54) is 4.88 Å². The van der Waals surface area contributed by atoms with Crippen LogP contribution in [-0.4, -0.2) is 19.0 Å². The summed E-state index contributed by atoms with van der Waals surface area (Å²) in [5.41, 5.74) is 0. The molecule has 2 N–H and O–H groups in total. The lowest BCUT2D eigenvalue weighted by molar-refractivity contribution is -0.126. The molecule has 4 heteroatoms. The van der Waals surface area contributed by atoms with Crippen molar-refractivity contribution in [3.05, 3.63) is 22.4 Å². The quantitative estimate of drug-likeness (QED) is 0.878. The second kappa shape index (κ2) is 5.85. The van der Waals surface area contributed by atoms with Crippen LogP contribution >= 0.6 is 11.3 Å². The topological polar surface area (TPSA) is 41.1 Å². The van der Waals surface area contributed by atoms with Crippen LogP contribution in [-0.2, 0) is 4.79 Å². The van der Waals surface area contributed by atoms with Crippen LogP contribution in [0.1, 0.15) is 31.7 Å². The maximum atomic E-state index is 12.3. The van der Waals surface area contributed by atoms with E-state index in [1.807, 2.05) is 6.07 Å². The van der Waals surface area contributed by atoms with Gasteiger partial charge in [0.05, 0.1) is 12.0 Å². The molecule has 18 heavy (non-hydrogen) atoms. The highest BCUT2D eigenvalue weighted by molar-refractivity contribution is 7.10. The molecule has 3 nitrogen and oxygen atoms in total. The van der Waals surface area contributed by atoms with E-state index < -0.39 is 0 Å². The van der Waals surface area contributed by atoms with Crippen molar-refractivity contribution in [3.8, 4) is 0 Å². The summed E-state index contributed by atoms with van der Waals surface area (Å²) in [4.78, 5) is 13.6. The Hall–Kier alpha value is -0.870. The Morgan fingerprint density at radius 2 is 2.28 bits per heavy atom. The van der Waals surface area contributed by atoms with E-state index in [0.29, 0.717) is 11.8 Å². The van der Waals surface area contributed by atoms with Crippen LogP contribution < -0.4 is 10.6 Å². The van der Waals surface area contributed by atoms with Crippen LogP contribution in [0.25, 0.3) is 0 Å². The van der Waals surface area contributed by atoms with Crippen molar-refractivity contribution in [1.29, 1.82) is 0 Å². The Kier molecular flexibility index (Phi) is 4.40. The number of thiophene rings is 1. The Labute approximate surface area is 113 Å². The molecule has 0 radical (unpaired) electrons. The van der Waals surface area contributed by atoms with Crippen molar-refractivity contribution < 1.29 is 4.79 Å². The first-order chi connectivity index (χ1) is 8.59.